The number of aromatic nitrogens is 5. The molecule has 0 atom stereocenters. The van der Waals surface area contributed by atoms with Gasteiger partial charge in [0.25, 0.3) is 5.91 Å². The molecule has 2 amide bonds. The summed E-state index contributed by atoms with van der Waals surface area (Å²) in [6.45, 7) is 7.51. The molecule has 13 heteroatoms. The van der Waals surface area contributed by atoms with Crippen LogP contribution in [0.1, 0.15) is 39.4 Å². The Morgan fingerprint density at radius 2 is 1.86 bits per heavy atom. The minimum atomic E-state index is -4.73. The Labute approximate surface area is 201 Å². The molecule has 0 saturated carbocycles. The molecule has 9 nitrogen and oxygen atoms in total. The first-order valence-electron chi connectivity index (χ1n) is 10.6. The number of fused-ring (bicyclic) bond motifs is 1. The lowest BCUT2D eigenvalue weighted by molar-refractivity contribution is -0.140. The zero-order valence-corrected chi connectivity index (χ0v) is 20.1. The van der Waals surface area contributed by atoms with Crippen LogP contribution in [0.4, 0.5) is 18.9 Å². The maximum atomic E-state index is 13.7. The first-order chi connectivity index (χ1) is 16.4. The third kappa shape index (κ3) is 4.50. The highest BCUT2D eigenvalue weighted by Crippen LogP contribution is 2.44. The van der Waals surface area contributed by atoms with Crippen LogP contribution in [0.5, 0.6) is 0 Å². The molecule has 0 fully saturated rings. The molecule has 0 aliphatic rings. The first-order valence-corrected chi connectivity index (χ1v) is 11.4. The second-order valence-electron chi connectivity index (χ2n) is 8.00. The van der Waals surface area contributed by atoms with E-state index in [0.29, 0.717) is 29.1 Å². The van der Waals surface area contributed by atoms with Crippen LogP contribution in [0.2, 0.25) is 0 Å². The van der Waals surface area contributed by atoms with Crippen molar-refractivity contribution in [3.05, 3.63) is 46.0 Å². The molecular weight excluding hydrogens is 483 g/mol. The fourth-order valence-corrected chi connectivity index (χ4v) is 4.94. The van der Waals surface area contributed by atoms with E-state index in [2.05, 4.69) is 20.5 Å². The van der Waals surface area contributed by atoms with Crippen LogP contribution < -0.4 is 11.1 Å². The average molecular weight is 506 g/mol. The summed E-state index contributed by atoms with van der Waals surface area (Å²) in [5.74, 6) is -1.42. The smallest absolute Gasteiger partial charge is 0.365 e. The lowest BCUT2D eigenvalue weighted by atomic mass is 10.0. The molecule has 4 rings (SSSR count). The Hall–Kier alpha value is -3.74. The monoisotopic (exact) mass is 505 g/mol. The van der Waals surface area contributed by atoms with Gasteiger partial charge in [-0.15, -0.1) is 11.3 Å². The number of carbonyl (C=O) groups excluding carboxylic acids is 2. The minimum absolute atomic E-state index is 0.0175. The van der Waals surface area contributed by atoms with Gasteiger partial charge >= 0.3 is 6.18 Å². The number of hydrogen-bond acceptors (Lipinski definition) is 6. The van der Waals surface area contributed by atoms with Crippen LogP contribution in [0.15, 0.2) is 18.3 Å². The number of alkyl halides is 3. The third-order valence-electron chi connectivity index (χ3n) is 5.53. The van der Waals surface area contributed by atoms with Crippen molar-refractivity contribution in [2.45, 2.75) is 47.0 Å². The molecule has 4 aromatic rings. The van der Waals surface area contributed by atoms with Crippen molar-refractivity contribution in [2.75, 3.05) is 5.32 Å². The third-order valence-corrected chi connectivity index (χ3v) is 6.63. The van der Waals surface area contributed by atoms with Gasteiger partial charge in [-0.2, -0.15) is 23.4 Å². The molecule has 0 bridgehead atoms. The van der Waals surface area contributed by atoms with Crippen molar-refractivity contribution in [3.63, 3.8) is 0 Å². The van der Waals surface area contributed by atoms with E-state index in [0.717, 1.165) is 17.5 Å². The molecule has 0 saturated heterocycles. The molecule has 4 heterocycles. The molecule has 0 radical (unpaired) electrons. The van der Waals surface area contributed by atoms with E-state index < -0.39 is 23.7 Å². The Balaban J connectivity index is 1.92. The summed E-state index contributed by atoms with van der Waals surface area (Å²) in [4.78, 5) is 28.7. The SMILES string of the molecule is CCn1ncc(-c2cc(C(F)(F)F)nc3sc(C(N)=O)c(NC(=O)Cn4nc(C)cc4C)c23)c1C. The van der Waals surface area contributed by atoms with Gasteiger partial charge < -0.3 is 11.1 Å². The molecule has 35 heavy (non-hydrogen) atoms. The average Bonchev–Trinajstić information content (AvgIpc) is 3.41. The molecule has 0 aliphatic carbocycles. The van der Waals surface area contributed by atoms with Gasteiger partial charge in [0.2, 0.25) is 5.91 Å². The fourth-order valence-electron chi connectivity index (χ4n) is 3.93. The van der Waals surface area contributed by atoms with E-state index in [1.807, 2.05) is 6.92 Å². The van der Waals surface area contributed by atoms with E-state index in [4.69, 9.17) is 5.73 Å². The van der Waals surface area contributed by atoms with Gasteiger partial charge in [-0.1, -0.05) is 0 Å². The highest BCUT2D eigenvalue weighted by molar-refractivity contribution is 7.21. The minimum Gasteiger partial charge on any atom is -0.365 e. The van der Waals surface area contributed by atoms with Gasteiger partial charge in [-0.3, -0.25) is 19.0 Å². The van der Waals surface area contributed by atoms with Crippen molar-refractivity contribution >= 4 is 39.1 Å². The van der Waals surface area contributed by atoms with Gasteiger partial charge in [0.05, 0.1) is 17.6 Å². The standard InChI is InChI=1S/C22H22F3N7O2S/c1-5-31-12(4)14(8-27-31)13-7-15(22(23,24)25)28-21-17(13)18(19(35-21)20(26)34)29-16(33)9-32-11(3)6-10(2)30-32/h6-8H,5,9H2,1-4H3,(H2,26,34)(H,29,33). The van der Waals surface area contributed by atoms with Crippen LogP contribution in [0.3, 0.4) is 0 Å². The maximum Gasteiger partial charge on any atom is 0.433 e. The van der Waals surface area contributed by atoms with Crippen molar-refractivity contribution in [1.82, 2.24) is 24.5 Å². The Morgan fingerprint density at radius 3 is 2.40 bits per heavy atom. The zero-order valence-electron chi connectivity index (χ0n) is 19.3. The fraction of sp³-hybridized carbons (Fsp3) is 0.318. The molecule has 4 aromatic heterocycles. The number of rotatable bonds is 6. The maximum absolute atomic E-state index is 13.7. The predicted molar refractivity (Wildman–Crippen MR) is 125 cm³/mol. The van der Waals surface area contributed by atoms with E-state index in [-0.39, 0.29) is 32.9 Å². The van der Waals surface area contributed by atoms with Gasteiger partial charge in [-0.05, 0) is 45.4 Å². The molecule has 0 unspecified atom stereocenters. The molecular formula is C22H22F3N7O2S. The van der Waals surface area contributed by atoms with Crippen LogP contribution in [-0.4, -0.2) is 36.4 Å². The summed E-state index contributed by atoms with van der Waals surface area (Å²) >= 11 is 0.695. The number of carbonyl (C=O) groups is 2. The number of nitrogens with zero attached hydrogens (tertiary/aromatic N) is 5. The van der Waals surface area contributed by atoms with Gasteiger partial charge in [0, 0.05) is 28.9 Å². The second kappa shape index (κ2) is 8.80. The summed E-state index contributed by atoms with van der Waals surface area (Å²) in [5, 5.41) is 11.3. The molecule has 3 N–H and O–H groups in total. The zero-order chi connectivity index (χ0) is 25.7. The number of nitrogens with two attached hydrogens (primary N) is 1. The number of primary amides is 1. The summed E-state index contributed by atoms with van der Waals surface area (Å²) in [7, 11) is 0. The Kier molecular flexibility index (Phi) is 6.13. The number of anilines is 1. The number of nitrogens with one attached hydrogen (secondary N) is 1. The van der Waals surface area contributed by atoms with Crippen LogP contribution >= 0.6 is 11.3 Å². The number of halogens is 3. The number of thiophene rings is 1. The van der Waals surface area contributed by atoms with Crippen LogP contribution in [0, 0.1) is 20.8 Å². The first kappa shape index (κ1) is 24.4. The van der Waals surface area contributed by atoms with Crippen LogP contribution in [-0.2, 0) is 24.1 Å². The van der Waals surface area contributed by atoms with Crippen molar-refractivity contribution in [1.29, 1.82) is 0 Å². The van der Waals surface area contributed by atoms with Gasteiger partial charge in [0.1, 0.15) is 21.9 Å². The van der Waals surface area contributed by atoms with Gasteiger partial charge in [-0.25, -0.2) is 4.98 Å². The van der Waals surface area contributed by atoms with Crippen molar-refractivity contribution < 1.29 is 22.8 Å². The van der Waals surface area contributed by atoms with E-state index in [1.54, 1.807) is 31.5 Å². The summed E-state index contributed by atoms with van der Waals surface area (Å²) in [5.41, 5.74) is 7.10. The quantitative estimate of drug-likeness (QED) is 0.409. The summed E-state index contributed by atoms with van der Waals surface area (Å²) < 4.78 is 44.2. The summed E-state index contributed by atoms with van der Waals surface area (Å²) in [6.07, 6.45) is -3.27. The number of pyridine rings is 1. The molecule has 0 spiro atoms. The number of amides is 2. The topological polar surface area (TPSA) is 121 Å². The van der Waals surface area contributed by atoms with Gasteiger partial charge in [0.15, 0.2) is 0 Å². The van der Waals surface area contributed by atoms with Crippen LogP contribution in [0.25, 0.3) is 21.3 Å². The highest BCUT2D eigenvalue weighted by Gasteiger charge is 2.35. The Morgan fingerprint density at radius 1 is 1.14 bits per heavy atom. The van der Waals surface area contributed by atoms with Crippen molar-refractivity contribution in [3.8, 4) is 11.1 Å². The number of hydrogen-bond donors (Lipinski definition) is 2. The second-order valence-corrected chi connectivity index (χ2v) is 8.99. The predicted octanol–water partition coefficient (Wildman–Crippen LogP) is 4.06. The lowest BCUT2D eigenvalue weighted by Gasteiger charge is -2.12. The van der Waals surface area contributed by atoms with E-state index >= 15 is 0 Å². The highest BCUT2D eigenvalue weighted by atomic mass is 32.1. The summed E-state index contributed by atoms with van der Waals surface area (Å²) in [6, 6.07) is 2.71. The molecule has 184 valence electrons. The number of aryl methyl sites for hydroxylation is 3. The Bertz CT molecular complexity index is 1470. The lowest BCUT2D eigenvalue weighted by Crippen LogP contribution is -2.22. The van der Waals surface area contributed by atoms with E-state index in [9.17, 15) is 22.8 Å². The van der Waals surface area contributed by atoms with Crippen molar-refractivity contribution in [2.24, 2.45) is 5.73 Å². The normalized spacial score (nSPS) is 11.9. The largest absolute Gasteiger partial charge is 0.433 e. The molecule has 0 aliphatic heterocycles. The molecule has 0 aromatic carbocycles. The van der Waals surface area contributed by atoms with E-state index in [1.165, 1.54) is 10.9 Å².